The molecule has 0 bridgehead atoms. The molecule has 0 saturated carbocycles. The fourth-order valence-electron chi connectivity index (χ4n) is 2.87. The average molecular weight is 299 g/mol. The lowest BCUT2D eigenvalue weighted by Gasteiger charge is -2.16. The number of thiazole rings is 1. The van der Waals surface area contributed by atoms with Gasteiger partial charge in [0.2, 0.25) is 0 Å². The number of nitrogens with one attached hydrogen (secondary N) is 1. The van der Waals surface area contributed by atoms with E-state index in [4.69, 9.17) is 0 Å². The van der Waals surface area contributed by atoms with Crippen LogP contribution in [0.2, 0.25) is 0 Å². The van der Waals surface area contributed by atoms with Crippen LogP contribution in [0.15, 0.2) is 36.0 Å². The van der Waals surface area contributed by atoms with E-state index in [1.54, 1.807) is 11.3 Å². The maximum Gasteiger partial charge on any atom is 0.193 e. The summed E-state index contributed by atoms with van der Waals surface area (Å²) in [7, 11) is 2.03. The molecular formula is C17H21N3S. The lowest BCUT2D eigenvalue weighted by Crippen LogP contribution is -2.30. The summed E-state index contributed by atoms with van der Waals surface area (Å²) in [6, 6.07) is 7.20. The fraction of sp³-hybridized carbons (Fsp3) is 0.353. The molecule has 0 radical (unpaired) electrons. The molecule has 0 fully saturated rings. The molecule has 1 atom stereocenters. The summed E-state index contributed by atoms with van der Waals surface area (Å²) in [5, 5.41) is 5.50. The molecule has 3 nitrogen and oxygen atoms in total. The van der Waals surface area contributed by atoms with Crippen molar-refractivity contribution in [3.8, 4) is 0 Å². The second kappa shape index (κ2) is 6.00. The number of hydrogen-bond donors (Lipinski definition) is 1. The quantitative estimate of drug-likeness (QED) is 0.782. The van der Waals surface area contributed by atoms with Gasteiger partial charge in [0.25, 0.3) is 0 Å². The van der Waals surface area contributed by atoms with Gasteiger partial charge in [0.05, 0.1) is 5.69 Å². The summed E-state index contributed by atoms with van der Waals surface area (Å²) in [5.74, 6) is 0. The van der Waals surface area contributed by atoms with Crippen molar-refractivity contribution in [1.29, 1.82) is 0 Å². The molecule has 3 aromatic rings. The van der Waals surface area contributed by atoms with E-state index in [0.717, 1.165) is 23.5 Å². The topological polar surface area (TPSA) is 29.3 Å². The van der Waals surface area contributed by atoms with E-state index in [0.29, 0.717) is 6.04 Å². The van der Waals surface area contributed by atoms with Gasteiger partial charge in [-0.05, 0) is 32.9 Å². The van der Waals surface area contributed by atoms with E-state index in [1.807, 2.05) is 7.05 Å². The van der Waals surface area contributed by atoms with Crippen LogP contribution in [0.1, 0.15) is 22.4 Å². The van der Waals surface area contributed by atoms with Crippen molar-refractivity contribution in [3.63, 3.8) is 0 Å². The summed E-state index contributed by atoms with van der Waals surface area (Å²) >= 11 is 1.68. The van der Waals surface area contributed by atoms with Crippen LogP contribution in [0.25, 0.3) is 4.96 Å². The van der Waals surface area contributed by atoms with Crippen molar-refractivity contribution >= 4 is 16.3 Å². The first-order chi connectivity index (χ1) is 10.1. The number of aromatic nitrogens is 2. The first-order valence-electron chi connectivity index (χ1n) is 7.29. The number of aryl methyl sites for hydroxylation is 2. The summed E-state index contributed by atoms with van der Waals surface area (Å²) in [6.07, 6.45) is 6.19. The third-order valence-corrected chi connectivity index (χ3v) is 4.54. The van der Waals surface area contributed by atoms with E-state index in [-0.39, 0.29) is 0 Å². The van der Waals surface area contributed by atoms with E-state index < -0.39 is 0 Å². The SMILES string of the molecule is CNC(Cc1cc(C)cc(C)c1)Cc1cn2ccsc2n1. The van der Waals surface area contributed by atoms with Gasteiger partial charge in [-0.2, -0.15) is 0 Å². The third kappa shape index (κ3) is 3.34. The van der Waals surface area contributed by atoms with Crippen molar-refractivity contribution in [2.24, 2.45) is 0 Å². The van der Waals surface area contributed by atoms with Gasteiger partial charge in [-0.3, -0.25) is 4.40 Å². The molecule has 1 aromatic carbocycles. The highest BCUT2D eigenvalue weighted by Gasteiger charge is 2.12. The average Bonchev–Trinajstić information content (AvgIpc) is 2.97. The maximum absolute atomic E-state index is 4.68. The maximum atomic E-state index is 4.68. The first-order valence-corrected chi connectivity index (χ1v) is 8.17. The zero-order valence-electron chi connectivity index (χ0n) is 12.8. The van der Waals surface area contributed by atoms with E-state index in [2.05, 4.69) is 64.5 Å². The van der Waals surface area contributed by atoms with Crippen LogP contribution < -0.4 is 5.32 Å². The molecule has 2 aromatic heterocycles. The van der Waals surface area contributed by atoms with Crippen molar-refractivity contribution in [2.45, 2.75) is 32.7 Å². The Morgan fingerprint density at radius 3 is 2.62 bits per heavy atom. The highest BCUT2D eigenvalue weighted by atomic mass is 32.1. The highest BCUT2D eigenvalue weighted by Crippen LogP contribution is 2.15. The second-order valence-electron chi connectivity index (χ2n) is 5.71. The second-order valence-corrected chi connectivity index (χ2v) is 6.59. The molecule has 0 spiro atoms. The number of likely N-dealkylation sites (N-methyl/N-ethyl adjacent to an activating group) is 1. The van der Waals surface area contributed by atoms with Gasteiger partial charge < -0.3 is 5.32 Å². The van der Waals surface area contributed by atoms with Crippen LogP contribution in [0, 0.1) is 13.8 Å². The van der Waals surface area contributed by atoms with E-state index in [9.17, 15) is 0 Å². The largest absolute Gasteiger partial charge is 0.316 e. The summed E-state index contributed by atoms with van der Waals surface area (Å²) in [4.78, 5) is 5.75. The zero-order chi connectivity index (χ0) is 14.8. The Morgan fingerprint density at radius 2 is 1.95 bits per heavy atom. The Morgan fingerprint density at radius 1 is 1.19 bits per heavy atom. The smallest absolute Gasteiger partial charge is 0.193 e. The molecule has 0 aliphatic rings. The Balaban J connectivity index is 1.74. The monoisotopic (exact) mass is 299 g/mol. The molecule has 3 rings (SSSR count). The normalized spacial score (nSPS) is 12.9. The Hall–Kier alpha value is -1.65. The number of fused-ring (bicyclic) bond motifs is 1. The number of benzene rings is 1. The molecule has 21 heavy (non-hydrogen) atoms. The molecule has 0 amide bonds. The number of rotatable bonds is 5. The lowest BCUT2D eigenvalue weighted by molar-refractivity contribution is 0.551. The Bertz CT molecular complexity index is 693. The molecule has 4 heteroatoms. The highest BCUT2D eigenvalue weighted by molar-refractivity contribution is 7.15. The lowest BCUT2D eigenvalue weighted by atomic mass is 9.99. The summed E-state index contributed by atoms with van der Waals surface area (Å²) in [5.41, 5.74) is 5.23. The number of nitrogens with zero attached hydrogens (tertiary/aromatic N) is 2. The minimum absolute atomic E-state index is 0.413. The number of imidazole rings is 1. The molecule has 0 aliphatic carbocycles. The molecule has 0 saturated heterocycles. The first kappa shape index (κ1) is 14.3. The molecule has 110 valence electrons. The fourth-order valence-corrected chi connectivity index (χ4v) is 3.59. The predicted molar refractivity (Wildman–Crippen MR) is 89.2 cm³/mol. The van der Waals surface area contributed by atoms with Gasteiger partial charge in [-0.15, -0.1) is 11.3 Å². The van der Waals surface area contributed by atoms with E-state index >= 15 is 0 Å². The number of hydrogen-bond acceptors (Lipinski definition) is 3. The minimum atomic E-state index is 0.413. The van der Waals surface area contributed by atoms with Crippen LogP contribution in [-0.4, -0.2) is 22.5 Å². The molecular weight excluding hydrogens is 278 g/mol. The summed E-state index contributed by atoms with van der Waals surface area (Å²) in [6.45, 7) is 4.32. The standard InChI is InChI=1S/C17H21N3S/c1-12-6-13(2)8-14(7-12)9-15(18-3)10-16-11-20-4-5-21-17(20)19-16/h4-8,11,15,18H,9-10H2,1-3H3. The predicted octanol–water partition coefficient (Wildman–Crippen LogP) is 3.39. The zero-order valence-corrected chi connectivity index (χ0v) is 13.6. The van der Waals surface area contributed by atoms with Crippen LogP contribution in [0.5, 0.6) is 0 Å². The van der Waals surface area contributed by atoms with E-state index in [1.165, 1.54) is 16.7 Å². The van der Waals surface area contributed by atoms with Gasteiger partial charge in [0.15, 0.2) is 4.96 Å². The van der Waals surface area contributed by atoms with Crippen molar-refractivity contribution in [3.05, 3.63) is 58.4 Å². The Labute approximate surface area is 129 Å². The Kier molecular flexibility index (Phi) is 4.08. The third-order valence-electron chi connectivity index (χ3n) is 3.77. The van der Waals surface area contributed by atoms with Gasteiger partial charge >= 0.3 is 0 Å². The van der Waals surface area contributed by atoms with Crippen LogP contribution >= 0.6 is 11.3 Å². The van der Waals surface area contributed by atoms with Crippen LogP contribution in [-0.2, 0) is 12.8 Å². The van der Waals surface area contributed by atoms with Crippen LogP contribution in [0.3, 0.4) is 0 Å². The van der Waals surface area contributed by atoms with Crippen LogP contribution in [0.4, 0.5) is 0 Å². The van der Waals surface area contributed by atoms with Crippen molar-refractivity contribution < 1.29 is 0 Å². The minimum Gasteiger partial charge on any atom is -0.316 e. The molecule has 0 aliphatic heterocycles. The summed E-state index contributed by atoms with van der Waals surface area (Å²) < 4.78 is 2.10. The molecule has 1 N–H and O–H groups in total. The molecule has 2 heterocycles. The van der Waals surface area contributed by atoms with Crippen molar-refractivity contribution in [1.82, 2.24) is 14.7 Å². The van der Waals surface area contributed by atoms with Gasteiger partial charge in [0.1, 0.15) is 0 Å². The van der Waals surface area contributed by atoms with Gasteiger partial charge in [-0.1, -0.05) is 29.3 Å². The van der Waals surface area contributed by atoms with Gasteiger partial charge in [-0.25, -0.2) is 4.98 Å². The van der Waals surface area contributed by atoms with Crippen molar-refractivity contribution in [2.75, 3.05) is 7.05 Å². The molecule has 1 unspecified atom stereocenters. The van der Waals surface area contributed by atoms with Gasteiger partial charge in [0, 0.05) is 30.2 Å².